The van der Waals surface area contributed by atoms with E-state index in [1.807, 2.05) is 18.8 Å². The Bertz CT molecular complexity index is 477. The number of carbonyl (C=O) groups excluding carboxylic acids is 1. The van der Waals surface area contributed by atoms with E-state index in [1.165, 1.54) is 0 Å². The van der Waals surface area contributed by atoms with E-state index in [0.29, 0.717) is 16.5 Å². The second kappa shape index (κ2) is 7.18. The summed E-state index contributed by atoms with van der Waals surface area (Å²) in [6.07, 6.45) is 2.05. The predicted molar refractivity (Wildman–Crippen MR) is 85.9 cm³/mol. The van der Waals surface area contributed by atoms with E-state index < -0.39 is 0 Å². The fourth-order valence-electron chi connectivity index (χ4n) is 2.10. The van der Waals surface area contributed by atoms with Crippen LogP contribution in [0, 0.1) is 0 Å². The molecule has 1 saturated heterocycles. The quantitative estimate of drug-likeness (QED) is 0.907. The van der Waals surface area contributed by atoms with Crippen LogP contribution in [0.3, 0.4) is 0 Å². The van der Waals surface area contributed by atoms with Gasteiger partial charge in [0.25, 0.3) is 5.91 Å². The second-order valence-corrected chi connectivity index (χ2v) is 6.44. The molecule has 1 aliphatic heterocycles. The van der Waals surface area contributed by atoms with Crippen molar-refractivity contribution >= 4 is 35.1 Å². The molecule has 1 aliphatic rings. The van der Waals surface area contributed by atoms with Crippen molar-refractivity contribution < 1.29 is 4.79 Å². The lowest BCUT2D eigenvalue weighted by atomic mass is 10.2. The number of hydrogen-bond acceptors (Lipinski definition) is 4. The molecular formula is C14H20ClN3OS. The van der Waals surface area contributed by atoms with E-state index in [9.17, 15) is 4.79 Å². The van der Waals surface area contributed by atoms with Crippen LogP contribution in [0.4, 0.5) is 5.82 Å². The third-order valence-electron chi connectivity index (χ3n) is 3.38. The first-order chi connectivity index (χ1) is 9.63. The van der Waals surface area contributed by atoms with Crippen molar-refractivity contribution in [1.29, 1.82) is 0 Å². The van der Waals surface area contributed by atoms with Crippen molar-refractivity contribution in [3.05, 3.63) is 22.8 Å². The summed E-state index contributed by atoms with van der Waals surface area (Å²) in [5, 5.41) is 3.59. The van der Waals surface area contributed by atoms with Crippen LogP contribution in [0.15, 0.2) is 12.1 Å². The lowest BCUT2D eigenvalue weighted by Gasteiger charge is -2.24. The minimum Gasteiger partial charge on any atom is -0.370 e. The molecule has 6 heteroatoms. The minimum atomic E-state index is -0.0948. The van der Waals surface area contributed by atoms with Crippen LogP contribution in [-0.2, 0) is 0 Å². The number of anilines is 1. The van der Waals surface area contributed by atoms with Crippen LogP contribution < -0.4 is 5.32 Å². The average Bonchev–Trinajstić information content (AvgIpc) is 2.99. The van der Waals surface area contributed by atoms with Gasteiger partial charge in [0.05, 0.1) is 5.02 Å². The number of halogens is 1. The Balaban J connectivity index is 2.15. The predicted octanol–water partition coefficient (Wildman–Crippen LogP) is 3.13. The number of pyridine rings is 1. The number of hydrogen-bond donors (Lipinski definition) is 1. The van der Waals surface area contributed by atoms with E-state index in [-0.39, 0.29) is 11.9 Å². The molecule has 2 rings (SSSR count). The first-order valence-electron chi connectivity index (χ1n) is 6.88. The van der Waals surface area contributed by atoms with Gasteiger partial charge in [0.2, 0.25) is 0 Å². The van der Waals surface area contributed by atoms with Gasteiger partial charge in [-0.15, -0.1) is 0 Å². The van der Waals surface area contributed by atoms with Crippen molar-refractivity contribution in [1.82, 2.24) is 9.88 Å². The monoisotopic (exact) mass is 313 g/mol. The molecular weight excluding hydrogens is 294 g/mol. The topological polar surface area (TPSA) is 45.2 Å². The number of rotatable bonds is 5. The molecule has 1 unspecified atom stereocenters. The normalized spacial score (nSPS) is 18.1. The summed E-state index contributed by atoms with van der Waals surface area (Å²) in [4.78, 5) is 18.7. The van der Waals surface area contributed by atoms with Gasteiger partial charge in [-0.25, -0.2) is 4.98 Å². The zero-order valence-corrected chi connectivity index (χ0v) is 13.4. The van der Waals surface area contributed by atoms with Gasteiger partial charge in [0.15, 0.2) is 0 Å². The van der Waals surface area contributed by atoms with E-state index in [4.69, 9.17) is 11.6 Å². The van der Waals surface area contributed by atoms with Crippen LogP contribution in [-0.4, -0.2) is 46.9 Å². The van der Waals surface area contributed by atoms with Gasteiger partial charge in [-0.1, -0.05) is 18.5 Å². The van der Waals surface area contributed by atoms with E-state index in [2.05, 4.69) is 17.2 Å². The summed E-state index contributed by atoms with van der Waals surface area (Å²) in [5.41, 5.74) is 0.340. The standard InChI is InChI=1S/C14H20ClN3OS/c1-3-7-16-12-5-4-11(15)13(17-12)14(19)18(2)10-6-8-20-9-10/h4-5,10H,3,6-9H2,1-2H3,(H,16,17). The number of nitrogens with one attached hydrogen (secondary N) is 1. The summed E-state index contributed by atoms with van der Waals surface area (Å²) in [5.74, 6) is 2.71. The Morgan fingerprint density at radius 1 is 1.60 bits per heavy atom. The van der Waals surface area contributed by atoms with Crippen molar-refractivity contribution in [3.63, 3.8) is 0 Å². The lowest BCUT2D eigenvalue weighted by Crippen LogP contribution is -2.37. The SMILES string of the molecule is CCCNc1ccc(Cl)c(C(=O)N(C)C2CCSC2)n1. The fraction of sp³-hybridized carbons (Fsp3) is 0.571. The molecule has 1 N–H and O–H groups in total. The van der Waals surface area contributed by atoms with Gasteiger partial charge < -0.3 is 10.2 Å². The van der Waals surface area contributed by atoms with Gasteiger partial charge in [-0.2, -0.15) is 11.8 Å². The molecule has 1 atom stereocenters. The zero-order valence-electron chi connectivity index (χ0n) is 11.9. The molecule has 1 amide bonds. The molecule has 2 heterocycles. The average molecular weight is 314 g/mol. The summed E-state index contributed by atoms with van der Waals surface area (Å²) >= 11 is 8.01. The maximum Gasteiger partial charge on any atom is 0.274 e. The van der Waals surface area contributed by atoms with Crippen molar-refractivity contribution in [2.45, 2.75) is 25.8 Å². The van der Waals surface area contributed by atoms with Gasteiger partial charge in [-0.05, 0) is 30.7 Å². The Hall–Kier alpha value is -0.940. The Morgan fingerprint density at radius 2 is 2.40 bits per heavy atom. The summed E-state index contributed by atoms with van der Waals surface area (Å²) in [6, 6.07) is 3.83. The number of amides is 1. The third-order valence-corrected chi connectivity index (χ3v) is 4.83. The molecule has 20 heavy (non-hydrogen) atoms. The molecule has 0 aliphatic carbocycles. The number of thioether (sulfide) groups is 1. The molecule has 1 fully saturated rings. The Kier molecular flexibility index (Phi) is 5.54. The van der Waals surface area contributed by atoms with Crippen LogP contribution in [0.1, 0.15) is 30.3 Å². The fourth-order valence-corrected chi connectivity index (χ4v) is 3.56. The highest BCUT2D eigenvalue weighted by Gasteiger charge is 2.26. The lowest BCUT2D eigenvalue weighted by molar-refractivity contribution is 0.0742. The summed E-state index contributed by atoms with van der Waals surface area (Å²) in [6.45, 7) is 2.91. The number of carbonyl (C=O) groups is 1. The number of aromatic nitrogens is 1. The van der Waals surface area contributed by atoms with E-state index in [1.54, 1.807) is 17.0 Å². The molecule has 1 aromatic rings. The molecule has 0 saturated carbocycles. The molecule has 0 bridgehead atoms. The van der Waals surface area contributed by atoms with Crippen LogP contribution in [0.25, 0.3) is 0 Å². The summed E-state index contributed by atoms with van der Waals surface area (Å²) in [7, 11) is 1.84. The highest BCUT2D eigenvalue weighted by molar-refractivity contribution is 7.99. The van der Waals surface area contributed by atoms with Crippen molar-refractivity contribution in [3.8, 4) is 0 Å². The third kappa shape index (κ3) is 3.58. The Morgan fingerprint density at radius 3 is 3.05 bits per heavy atom. The van der Waals surface area contributed by atoms with Crippen LogP contribution in [0.2, 0.25) is 5.02 Å². The molecule has 1 aromatic heterocycles. The maximum atomic E-state index is 12.5. The van der Waals surface area contributed by atoms with E-state index >= 15 is 0 Å². The zero-order chi connectivity index (χ0) is 14.5. The molecule has 0 spiro atoms. The molecule has 4 nitrogen and oxygen atoms in total. The van der Waals surface area contributed by atoms with Crippen molar-refractivity contribution in [2.24, 2.45) is 0 Å². The summed E-state index contributed by atoms with van der Waals surface area (Å²) < 4.78 is 0. The molecule has 0 aromatic carbocycles. The highest BCUT2D eigenvalue weighted by Crippen LogP contribution is 2.24. The maximum absolute atomic E-state index is 12.5. The van der Waals surface area contributed by atoms with Crippen LogP contribution >= 0.6 is 23.4 Å². The van der Waals surface area contributed by atoms with Crippen LogP contribution in [0.5, 0.6) is 0 Å². The Labute approximate surface area is 129 Å². The minimum absolute atomic E-state index is 0.0948. The van der Waals surface area contributed by atoms with Gasteiger partial charge in [0.1, 0.15) is 11.5 Å². The largest absolute Gasteiger partial charge is 0.370 e. The molecule has 0 radical (unpaired) electrons. The number of nitrogens with zero attached hydrogens (tertiary/aromatic N) is 2. The van der Waals surface area contributed by atoms with E-state index in [0.717, 1.165) is 30.9 Å². The van der Waals surface area contributed by atoms with Crippen molar-refractivity contribution in [2.75, 3.05) is 30.4 Å². The van der Waals surface area contributed by atoms with Gasteiger partial charge in [-0.3, -0.25) is 4.79 Å². The molecule has 110 valence electrons. The van der Waals surface area contributed by atoms with Gasteiger partial charge in [0, 0.05) is 25.4 Å². The van der Waals surface area contributed by atoms with Gasteiger partial charge >= 0.3 is 0 Å². The first kappa shape index (κ1) is 15.4. The second-order valence-electron chi connectivity index (χ2n) is 4.89. The first-order valence-corrected chi connectivity index (χ1v) is 8.42. The smallest absolute Gasteiger partial charge is 0.274 e. The highest BCUT2D eigenvalue weighted by atomic mass is 35.5.